The van der Waals surface area contributed by atoms with Gasteiger partial charge in [0.25, 0.3) is 0 Å². The van der Waals surface area contributed by atoms with E-state index in [1.165, 1.54) is 0 Å². The molecule has 0 spiro atoms. The molecule has 0 fully saturated rings. The molecule has 0 saturated heterocycles. The SMILES string of the molecule is CC(C)(C)c1cc(C(O)c2ccccc2)c(O)c(C(C)(C)C)c1. The highest BCUT2D eigenvalue weighted by Gasteiger charge is 2.27. The summed E-state index contributed by atoms with van der Waals surface area (Å²) >= 11 is 0. The van der Waals surface area contributed by atoms with Crippen LogP contribution in [-0.4, -0.2) is 10.2 Å². The molecule has 2 N–H and O–H groups in total. The van der Waals surface area contributed by atoms with E-state index >= 15 is 0 Å². The molecule has 2 nitrogen and oxygen atoms in total. The Bertz CT molecular complexity index is 673. The molecule has 23 heavy (non-hydrogen) atoms. The molecule has 0 heterocycles. The molecule has 0 amide bonds. The second kappa shape index (κ2) is 6.01. The zero-order chi connectivity index (χ0) is 17.4. The Morgan fingerprint density at radius 2 is 1.39 bits per heavy atom. The molecule has 2 aromatic carbocycles. The van der Waals surface area contributed by atoms with Gasteiger partial charge in [-0.2, -0.15) is 0 Å². The van der Waals surface area contributed by atoms with Crippen LogP contribution in [0.15, 0.2) is 42.5 Å². The van der Waals surface area contributed by atoms with Crippen molar-refractivity contribution in [1.29, 1.82) is 0 Å². The van der Waals surface area contributed by atoms with Gasteiger partial charge in [-0.3, -0.25) is 0 Å². The van der Waals surface area contributed by atoms with Gasteiger partial charge in [0.15, 0.2) is 0 Å². The van der Waals surface area contributed by atoms with Crippen LogP contribution < -0.4 is 0 Å². The van der Waals surface area contributed by atoms with Crippen molar-refractivity contribution in [3.05, 3.63) is 64.7 Å². The number of rotatable bonds is 2. The summed E-state index contributed by atoms with van der Waals surface area (Å²) in [6.07, 6.45) is -0.834. The molecule has 0 saturated carbocycles. The van der Waals surface area contributed by atoms with E-state index in [0.717, 1.165) is 16.7 Å². The molecule has 0 aliphatic rings. The minimum absolute atomic E-state index is 0.0567. The van der Waals surface area contributed by atoms with Crippen LogP contribution in [0.4, 0.5) is 0 Å². The van der Waals surface area contributed by atoms with E-state index in [9.17, 15) is 10.2 Å². The number of aliphatic hydroxyl groups excluding tert-OH is 1. The fraction of sp³-hybridized carbons (Fsp3) is 0.429. The van der Waals surface area contributed by atoms with E-state index in [1.807, 2.05) is 36.4 Å². The van der Waals surface area contributed by atoms with Gasteiger partial charge in [0.2, 0.25) is 0 Å². The average Bonchev–Trinajstić information content (AvgIpc) is 2.45. The van der Waals surface area contributed by atoms with Crippen LogP contribution in [0.1, 0.15) is 69.9 Å². The molecule has 0 aliphatic heterocycles. The molecular weight excluding hydrogens is 284 g/mol. The maximum absolute atomic E-state index is 10.8. The summed E-state index contributed by atoms with van der Waals surface area (Å²) in [4.78, 5) is 0. The lowest BCUT2D eigenvalue weighted by atomic mass is 9.78. The van der Waals surface area contributed by atoms with Crippen LogP contribution >= 0.6 is 0 Å². The molecule has 0 bridgehead atoms. The van der Waals surface area contributed by atoms with Crippen molar-refractivity contribution >= 4 is 0 Å². The van der Waals surface area contributed by atoms with E-state index in [0.29, 0.717) is 5.56 Å². The predicted molar refractivity (Wildman–Crippen MR) is 96.0 cm³/mol. The monoisotopic (exact) mass is 312 g/mol. The fourth-order valence-corrected chi connectivity index (χ4v) is 2.68. The standard InChI is InChI=1S/C21H28O2/c1-20(2,3)15-12-16(18(22)14-10-8-7-9-11-14)19(23)17(13-15)21(4,5)6/h7-13,18,22-23H,1-6H3. The Labute approximate surface area is 139 Å². The predicted octanol–water partition coefficient (Wildman–Crippen LogP) is 5.07. The van der Waals surface area contributed by atoms with Gasteiger partial charge in [-0.05, 0) is 33.6 Å². The quantitative estimate of drug-likeness (QED) is 0.813. The fourth-order valence-electron chi connectivity index (χ4n) is 2.68. The second-order valence-corrected chi connectivity index (χ2v) is 8.27. The van der Waals surface area contributed by atoms with Gasteiger partial charge in [-0.15, -0.1) is 0 Å². The number of hydrogen-bond donors (Lipinski definition) is 2. The Balaban J connectivity index is 2.67. The van der Waals surface area contributed by atoms with Crippen LogP contribution in [0.2, 0.25) is 0 Å². The highest BCUT2D eigenvalue weighted by Crippen LogP contribution is 2.41. The van der Waals surface area contributed by atoms with Gasteiger partial charge in [0, 0.05) is 5.56 Å². The van der Waals surface area contributed by atoms with Crippen molar-refractivity contribution in [1.82, 2.24) is 0 Å². The number of hydrogen-bond acceptors (Lipinski definition) is 2. The molecule has 0 radical (unpaired) electrons. The number of aliphatic hydroxyl groups is 1. The van der Waals surface area contributed by atoms with Crippen LogP contribution in [0.5, 0.6) is 5.75 Å². The zero-order valence-electron chi connectivity index (χ0n) is 15.0. The minimum atomic E-state index is -0.834. The van der Waals surface area contributed by atoms with Crippen molar-refractivity contribution in [2.45, 2.75) is 58.5 Å². The highest BCUT2D eigenvalue weighted by atomic mass is 16.3. The third-order valence-corrected chi connectivity index (χ3v) is 4.22. The Morgan fingerprint density at radius 1 is 0.826 bits per heavy atom. The molecule has 124 valence electrons. The van der Waals surface area contributed by atoms with Gasteiger partial charge < -0.3 is 10.2 Å². The first kappa shape index (κ1) is 17.6. The number of benzene rings is 2. The molecule has 2 rings (SSSR count). The Hall–Kier alpha value is -1.80. The molecular formula is C21H28O2. The van der Waals surface area contributed by atoms with Crippen molar-refractivity contribution < 1.29 is 10.2 Å². The third-order valence-electron chi connectivity index (χ3n) is 4.22. The van der Waals surface area contributed by atoms with Crippen LogP contribution in [-0.2, 0) is 10.8 Å². The van der Waals surface area contributed by atoms with Crippen molar-refractivity contribution in [3.8, 4) is 5.75 Å². The zero-order valence-corrected chi connectivity index (χ0v) is 15.0. The van der Waals surface area contributed by atoms with E-state index in [2.05, 4.69) is 47.6 Å². The van der Waals surface area contributed by atoms with Crippen molar-refractivity contribution in [2.24, 2.45) is 0 Å². The second-order valence-electron chi connectivity index (χ2n) is 8.27. The van der Waals surface area contributed by atoms with E-state index in [4.69, 9.17) is 0 Å². The van der Waals surface area contributed by atoms with Crippen molar-refractivity contribution in [2.75, 3.05) is 0 Å². The van der Waals surface area contributed by atoms with Crippen molar-refractivity contribution in [3.63, 3.8) is 0 Å². The summed E-state index contributed by atoms with van der Waals surface area (Å²) in [7, 11) is 0. The maximum atomic E-state index is 10.8. The smallest absolute Gasteiger partial charge is 0.125 e. The summed E-state index contributed by atoms with van der Waals surface area (Å²) < 4.78 is 0. The lowest BCUT2D eigenvalue weighted by Gasteiger charge is -2.28. The van der Waals surface area contributed by atoms with Crippen LogP contribution in [0.25, 0.3) is 0 Å². The molecule has 2 aromatic rings. The summed E-state index contributed by atoms with van der Waals surface area (Å²) in [5, 5.41) is 21.6. The number of aromatic hydroxyl groups is 1. The van der Waals surface area contributed by atoms with Crippen LogP contribution in [0.3, 0.4) is 0 Å². The average molecular weight is 312 g/mol. The van der Waals surface area contributed by atoms with Gasteiger partial charge in [0.05, 0.1) is 0 Å². The minimum Gasteiger partial charge on any atom is -0.507 e. The summed E-state index contributed by atoms with van der Waals surface area (Å²) in [6, 6.07) is 13.5. The van der Waals surface area contributed by atoms with Crippen LogP contribution in [0, 0.1) is 0 Å². The van der Waals surface area contributed by atoms with E-state index in [-0.39, 0.29) is 16.6 Å². The van der Waals surface area contributed by atoms with Gasteiger partial charge in [-0.25, -0.2) is 0 Å². The molecule has 0 aliphatic carbocycles. The summed E-state index contributed by atoms with van der Waals surface area (Å²) in [5.41, 5.74) is 3.09. The lowest BCUT2D eigenvalue weighted by molar-refractivity contribution is 0.214. The highest BCUT2D eigenvalue weighted by molar-refractivity contribution is 5.51. The molecule has 2 heteroatoms. The third kappa shape index (κ3) is 3.76. The normalized spacial score (nSPS) is 13.9. The van der Waals surface area contributed by atoms with Gasteiger partial charge >= 0.3 is 0 Å². The Kier molecular flexibility index (Phi) is 4.59. The lowest BCUT2D eigenvalue weighted by Crippen LogP contribution is -2.18. The first-order valence-electron chi connectivity index (χ1n) is 8.12. The molecule has 1 unspecified atom stereocenters. The van der Waals surface area contributed by atoms with Gasteiger partial charge in [0.1, 0.15) is 11.9 Å². The maximum Gasteiger partial charge on any atom is 0.125 e. The molecule has 1 atom stereocenters. The largest absolute Gasteiger partial charge is 0.507 e. The number of phenols is 1. The van der Waals surface area contributed by atoms with E-state index in [1.54, 1.807) is 0 Å². The number of phenolic OH excluding ortho intramolecular Hbond substituents is 1. The van der Waals surface area contributed by atoms with Gasteiger partial charge in [-0.1, -0.05) is 77.9 Å². The topological polar surface area (TPSA) is 40.5 Å². The van der Waals surface area contributed by atoms with E-state index < -0.39 is 6.10 Å². The Morgan fingerprint density at radius 3 is 1.87 bits per heavy atom. The summed E-state index contributed by atoms with van der Waals surface area (Å²) in [6.45, 7) is 12.7. The molecule has 0 aromatic heterocycles. The summed E-state index contributed by atoms with van der Waals surface area (Å²) in [5.74, 6) is 0.196. The first-order chi connectivity index (χ1) is 10.5. The first-order valence-corrected chi connectivity index (χ1v) is 8.12.